The fraction of sp³-hybridized carbons (Fsp3) is 0.529. The Kier molecular flexibility index (Phi) is 4.78. The van der Waals surface area contributed by atoms with Gasteiger partial charge in [0.25, 0.3) is 0 Å². The van der Waals surface area contributed by atoms with Gasteiger partial charge in [-0.25, -0.2) is 0 Å². The molecule has 1 aliphatic carbocycles. The summed E-state index contributed by atoms with van der Waals surface area (Å²) in [7, 11) is 4.03. The number of hydrogen-bond donors (Lipinski definition) is 0. The topological polar surface area (TPSA) is 46.6 Å². The van der Waals surface area contributed by atoms with Crippen molar-refractivity contribution in [3.63, 3.8) is 0 Å². The molecule has 0 bridgehead atoms. The summed E-state index contributed by atoms with van der Waals surface area (Å²) < 4.78 is 5.36. The Hall–Kier alpha value is -1.68. The molecular weight excluding hydrogens is 266 g/mol. The van der Waals surface area contributed by atoms with E-state index in [1.807, 2.05) is 32.3 Å². The molecule has 1 aliphatic rings. The maximum Gasteiger partial charge on any atom is 0.306 e. The molecule has 0 spiro atoms. The van der Waals surface area contributed by atoms with E-state index in [-0.39, 0.29) is 17.3 Å². The second kappa shape index (κ2) is 6.39. The van der Waals surface area contributed by atoms with Crippen LogP contribution in [0.25, 0.3) is 0 Å². The summed E-state index contributed by atoms with van der Waals surface area (Å²) in [5.41, 5.74) is 0.911. The molecule has 0 aliphatic heterocycles. The molecule has 21 heavy (non-hydrogen) atoms. The summed E-state index contributed by atoms with van der Waals surface area (Å²) in [4.78, 5) is 25.8. The first-order valence-electron chi connectivity index (χ1n) is 7.45. The number of carbonyl (C=O) groups excluding carboxylic acids is 2. The zero-order valence-corrected chi connectivity index (χ0v) is 13.0. The van der Waals surface area contributed by atoms with Crippen LogP contribution in [0.15, 0.2) is 30.3 Å². The Morgan fingerprint density at radius 1 is 1.33 bits per heavy atom. The van der Waals surface area contributed by atoms with Crippen LogP contribution >= 0.6 is 0 Å². The van der Waals surface area contributed by atoms with E-state index in [2.05, 4.69) is 17.0 Å². The Morgan fingerprint density at radius 3 is 2.57 bits per heavy atom. The molecule has 1 fully saturated rings. The first-order valence-corrected chi connectivity index (χ1v) is 7.45. The Morgan fingerprint density at radius 2 is 2.00 bits per heavy atom. The summed E-state index contributed by atoms with van der Waals surface area (Å²) in [6.07, 6.45) is 1.38. The van der Waals surface area contributed by atoms with Gasteiger partial charge in [-0.2, -0.15) is 0 Å². The van der Waals surface area contributed by atoms with Crippen molar-refractivity contribution in [3.8, 4) is 0 Å². The summed E-state index contributed by atoms with van der Waals surface area (Å²) in [6.45, 7) is 1.74. The predicted molar refractivity (Wildman–Crippen MR) is 80.8 cm³/mol. The molecule has 4 nitrogen and oxygen atoms in total. The third kappa shape index (κ3) is 3.16. The number of ether oxygens (including phenoxy) is 1. The SMILES string of the molecule is CCC(=O)OC1CC(c2ccccc2)(N(C)C)CCC1=O. The van der Waals surface area contributed by atoms with Crippen molar-refractivity contribution < 1.29 is 14.3 Å². The molecular formula is C17H23NO3. The molecule has 2 atom stereocenters. The van der Waals surface area contributed by atoms with E-state index >= 15 is 0 Å². The van der Waals surface area contributed by atoms with Gasteiger partial charge in [0.05, 0.1) is 0 Å². The minimum atomic E-state index is -0.631. The summed E-state index contributed by atoms with van der Waals surface area (Å²) >= 11 is 0. The number of carbonyl (C=O) groups is 2. The molecule has 4 heteroatoms. The number of esters is 1. The zero-order valence-electron chi connectivity index (χ0n) is 13.0. The predicted octanol–water partition coefficient (Wildman–Crippen LogP) is 2.52. The van der Waals surface area contributed by atoms with Crippen LogP contribution in [0, 0.1) is 0 Å². The highest BCUT2D eigenvalue weighted by atomic mass is 16.5. The molecule has 114 valence electrons. The maximum atomic E-state index is 12.1. The Labute approximate surface area is 126 Å². The summed E-state index contributed by atoms with van der Waals surface area (Å²) in [6, 6.07) is 10.1. The van der Waals surface area contributed by atoms with Crippen molar-refractivity contribution in [2.45, 2.75) is 44.2 Å². The highest BCUT2D eigenvalue weighted by molar-refractivity contribution is 5.86. The average Bonchev–Trinajstić information content (AvgIpc) is 2.50. The van der Waals surface area contributed by atoms with E-state index in [0.29, 0.717) is 19.3 Å². The third-order valence-corrected chi connectivity index (χ3v) is 4.40. The van der Waals surface area contributed by atoms with Gasteiger partial charge in [-0.3, -0.25) is 14.5 Å². The first-order chi connectivity index (χ1) is 9.99. The van der Waals surface area contributed by atoms with Gasteiger partial charge < -0.3 is 4.74 Å². The van der Waals surface area contributed by atoms with Crippen LogP contribution in [-0.2, 0) is 19.9 Å². The molecule has 2 unspecified atom stereocenters. The fourth-order valence-electron chi connectivity index (χ4n) is 3.04. The van der Waals surface area contributed by atoms with Gasteiger partial charge in [0.15, 0.2) is 11.9 Å². The molecule has 0 aromatic heterocycles. The Bertz CT molecular complexity index is 512. The lowest BCUT2D eigenvalue weighted by Gasteiger charge is -2.45. The van der Waals surface area contributed by atoms with E-state index < -0.39 is 6.10 Å². The number of benzene rings is 1. The van der Waals surface area contributed by atoms with Gasteiger partial charge >= 0.3 is 5.97 Å². The Balaban J connectivity index is 2.30. The van der Waals surface area contributed by atoms with Gasteiger partial charge in [0.2, 0.25) is 0 Å². The molecule has 1 saturated carbocycles. The second-order valence-electron chi connectivity index (χ2n) is 5.79. The molecule has 0 heterocycles. The first kappa shape index (κ1) is 15.7. The molecule has 0 radical (unpaired) electrons. The molecule has 0 N–H and O–H groups in total. The highest BCUT2D eigenvalue weighted by Crippen LogP contribution is 2.40. The maximum absolute atomic E-state index is 12.1. The largest absolute Gasteiger partial charge is 0.454 e. The molecule has 0 amide bonds. The quantitative estimate of drug-likeness (QED) is 0.799. The van der Waals surface area contributed by atoms with E-state index in [1.165, 1.54) is 5.56 Å². The van der Waals surface area contributed by atoms with E-state index in [1.54, 1.807) is 6.92 Å². The van der Waals surface area contributed by atoms with Crippen LogP contribution in [0.1, 0.15) is 38.2 Å². The third-order valence-electron chi connectivity index (χ3n) is 4.40. The summed E-state index contributed by atoms with van der Waals surface area (Å²) in [5.74, 6) is -0.277. The van der Waals surface area contributed by atoms with Crippen LogP contribution in [0.5, 0.6) is 0 Å². The molecule has 1 aromatic rings. The number of hydrogen-bond acceptors (Lipinski definition) is 4. The van der Waals surface area contributed by atoms with Crippen molar-refractivity contribution >= 4 is 11.8 Å². The molecule has 1 aromatic carbocycles. The highest BCUT2D eigenvalue weighted by Gasteiger charge is 2.44. The average molecular weight is 289 g/mol. The van der Waals surface area contributed by atoms with Gasteiger partial charge in [-0.1, -0.05) is 37.3 Å². The van der Waals surface area contributed by atoms with Crippen LogP contribution in [-0.4, -0.2) is 36.9 Å². The lowest BCUT2D eigenvalue weighted by atomic mass is 9.74. The molecule has 0 saturated heterocycles. The normalized spacial score (nSPS) is 25.9. The van der Waals surface area contributed by atoms with E-state index in [9.17, 15) is 9.59 Å². The van der Waals surface area contributed by atoms with Gasteiger partial charge in [-0.15, -0.1) is 0 Å². The smallest absolute Gasteiger partial charge is 0.306 e. The number of rotatable bonds is 4. The van der Waals surface area contributed by atoms with Gasteiger partial charge in [0, 0.05) is 24.8 Å². The van der Waals surface area contributed by atoms with Crippen LogP contribution < -0.4 is 0 Å². The van der Waals surface area contributed by atoms with Crippen molar-refractivity contribution in [2.24, 2.45) is 0 Å². The van der Waals surface area contributed by atoms with Crippen LogP contribution in [0.3, 0.4) is 0 Å². The van der Waals surface area contributed by atoms with Crippen molar-refractivity contribution in [3.05, 3.63) is 35.9 Å². The van der Waals surface area contributed by atoms with Crippen molar-refractivity contribution in [1.82, 2.24) is 4.90 Å². The minimum Gasteiger partial charge on any atom is -0.454 e. The number of Topliss-reactive ketones (excluding diaryl/α,β-unsaturated/α-hetero) is 1. The number of ketones is 1. The monoisotopic (exact) mass is 289 g/mol. The molecule has 2 rings (SSSR count). The zero-order chi connectivity index (χ0) is 15.5. The van der Waals surface area contributed by atoms with E-state index in [0.717, 1.165) is 6.42 Å². The summed E-state index contributed by atoms with van der Waals surface area (Å²) in [5, 5.41) is 0. The second-order valence-corrected chi connectivity index (χ2v) is 5.79. The minimum absolute atomic E-state index is 0.0326. The van der Waals surface area contributed by atoms with Crippen LogP contribution in [0.4, 0.5) is 0 Å². The van der Waals surface area contributed by atoms with E-state index in [4.69, 9.17) is 4.74 Å². The lowest BCUT2D eigenvalue weighted by molar-refractivity contribution is -0.160. The standard InChI is InChI=1S/C17H23NO3/c1-4-16(20)21-15-12-17(18(2)3,11-10-14(15)19)13-8-6-5-7-9-13/h5-9,15H,4,10-12H2,1-3H3. The fourth-order valence-corrected chi connectivity index (χ4v) is 3.04. The van der Waals surface area contributed by atoms with Crippen molar-refractivity contribution in [1.29, 1.82) is 0 Å². The van der Waals surface area contributed by atoms with Gasteiger partial charge in [0.1, 0.15) is 0 Å². The lowest BCUT2D eigenvalue weighted by Crippen LogP contribution is -2.50. The number of nitrogens with zero attached hydrogens (tertiary/aromatic N) is 1. The van der Waals surface area contributed by atoms with Crippen molar-refractivity contribution in [2.75, 3.05) is 14.1 Å². The van der Waals surface area contributed by atoms with Gasteiger partial charge in [-0.05, 0) is 26.1 Å². The van der Waals surface area contributed by atoms with Crippen LogP contribution in [0.2, 0.25) is 0 Å².